The lowest BCUT2D eigenvalue weighted by atomic mass is 10.0. The molecule has 2 aromatic rings. The molecule has 0 amide bonds. The molecular formula is C14H18FN3O. The Morgan fingerprint density at radius 1 is 1.47 bits per heavy atom. The Labute approximate surface area is 112 Å². The molecule has 0 bridgehead atoms. The van der Waals surface area contributed by atoms with Gasteiger partial charge in [0.05, 0.1) is 25.2 Å². The van der Waals surface area contributed by atoms with Gasteiger partial charge in [0.25, 0.3) is 0 Å². The van der Waals surface area contributed by atoms with E-state index in [-0.39, 0.29) is 11.9 Å². The van der Waals surface area contributed by atoms with Crippen molar-refractivity contribution in [3.63, 3.8) is 0 Å². The highest BCUT2D eigenvalue weighted by Crippen LogP contribution is 2.29. The summed E-state index contributed by atoms with van der Waals surface area (Å²) in [5, 5.41) is 3.31. The maximum absolute atomic E-state index is 13.5. The van der Waals surface area contributed by atoms with Crippen LogP contribution in [0.15, 0.2) is 30.7 Å². The molecule has 0 saturated heterocycles. The monoisotopic (exact) mass is 263 g/mol. The van der Waals surface area contributed by atoms with Gasteiger partial charge in [0.15, 0.2) is 0 Å². The van der Waals surface area contributed by atoms with Crippen molar-refractivity contribution >= 4 is 0 Å². The molecule has 1 aromatic heterocycles. The number of benzene rings is 1. The number of methoxy groups -OCH3 is 1. The minimum atomic E-state index is -0.283. The summed E-state index contributed by atoms with van der Waals surface area (Å²) in [5.41, 5.74) is 1.59. The summed E-state index contributed by atoms with van der Waals surface area (Å²) < 4.78 is 20.7. The minimum absolute atomic E-state index is 0.183. The second kappa shape index (κ2) is 5.84. The summed E-state index contributed by atoms with van der Waals surface area (Å²) in [6.07, 6.45) is 3.64. The molecule has 0 fully saturated rings. The van der Waals surface area contributed by atoms with Crippen molar-refractivity contribution in [3.8, 4) is 5.75 Å². The molecule has 1 heterocycles. The summed E-state index contributed by atoms with van der Waals surface area (Å²) >= 11 is 0. The molecule has 1 unspecified atom stereocenters. The Morgan fingerprint density at radius 3 is 2.84 bits per heavy atom. The second-order valence-electron chi connectivity index (χ2n) is 4.34. The SMILES string of the molecule is CCNC(c1cn(C)cn1)c1cc(F)ccc1OC. The van der Waals surface area contributed by atoms with Crippen LogP contribution in [-0.2, 0) is 7.05 Å². The Bertz CT molecular complexity index is 553. The predicted molar refractivity (Wildman–Crippen MR) is 71.7 cm³/mol. The highest BCUT2D eigenvalue weighted by molar-refractivity contribution is 5.40. The Hall–Kier alpha value is -1.88. The van der Waals surface area contributed by atoms with E-state index in [2.05, 4.69) is 10.3 Å². The lowest BCUT2D eigenvalue weighted by Gasteiger charge is -2.19. The standard InChI is InChI=1S/C14H18FN3O/c1-4-16-14(12-8-18(2)9-17-12)11-7-10(15)5-6-13(11)19-3/h5-9,14,16H,4H2,1-3H3. The van der Waals surface area contributed by atoms with Crippen LogP contribution in [0, 0.1) is 5.82 Å². The number of aromatic nitrogens is 2. The lowest BCUT2D eigenvalue weighted by molar-refractivity contribution is 0.402. The van der Waals surface area contributed by atoms with Crippen LogP contribution in [0.4, 0.5) is 4.39 Å². The van der Waals surface area contributed by atoms with E-state index in [1.165, 1.54) is 12.1 Å². The number of aryl methyl sites for hydroxylation is 1. The zero-order chi connectivity index (χ0) is 13.8. The van der Waals surface area contributed by atoms with E-state index in [0.29, 0.717) is 5.75 Å². The van der Waals surface area contributed by atoms with Crippen molar-refractivity contribution in [3.05, 3.63) is 47.8 Å². The number of nitrogens with zero attached hydrogens (tertiary/aromatic N) is 2. The average Bonchev–Trinajstić information content (AvgIpc) is 2.82. The first-order valence-electron chi connectivity index (χ1n) is 6.20. The fraction of sp³-hybridized carbons (Fsp3) is 0.357. The van der Waals surface area contributed by atoms with Crippen molar-refractivity contribution in [1.29, 1.82) is 0 Å². The zero-order valence-corrected chi connectivity index (χ0v) is 11.4. The summed E-state index contributed by atoms with van der Waals surface area (Å²) in [6.45, 7) is 2.75. The van der Waals surface area contributed by atoms with Crippen molar-refractivity contribution in [2.45, 2.75) is 13.0 Å². The van der Waals surface area contributed by atoms with E-state index >= 15 is 0 Å². The summed E-state index contributed by atoms with van der Waals surface area (Å²) in [5.74, 6) is 0.368. The van der Waals surface area contributed by atoms with Crippen LogP contribution in [0.2, 0.25) is 0 Å². The van der Waals surface area contributed by atoms with Gasteiger partial charge in [-0.1, -0.05) is 6.92 Å². The molecule has 5 heteroatoms. The van der Waals surface area contributed by atoms with Crippen LogP contribution in [0.3, 0.4) is 0 Å². The van der Waals surface area contributed by atoms with E-state index in [1.807, 2.05) is 24.7 Å². The van der Waals surface area contributed by atoms with Crippen LogP contribution < -0.4 is 10.1 Å². The van der Waals surface area contributed by atoms with E-state index < -0.39 is 0 Å². The number of rotatable bonds is 5. The van der Waals surface area contributed by atoms with Crippen LogP contribution >= 0.6 is 0 Å². The highest BCUT2D eigenvalue weighted by Gasteiger charge is 2.20. The molecule has 1 N–H and O–H groups in total. The van der Waals surface area contributed by atoms with E-state index in [4.69, 9.17) is 4.74 Å². The largest absolute Gasteiger partial charge is 0.496 e. The van der Waals surface area contributed by atoms with E-state index in [0.717, 1.165) is 17.8 Å². The highest BCUT2D eigenvalue weighted by atomic mass is 19.1. The van der Waals surface area contributed by atoms with Gasteiger partial charge in [0, 0.05) is 18.8 Å². The molecule has 102 valence electrons. The van der Waals surface area contributed by atoms with Gasteiger partial charge in [-0.2, -0.15) is 0 Å². The Balaban J connectivity index is 2.46. The third-order valence-electron chi connectivity index (χ3n) is 2.93. The van der Waals surface area contributed by atoms with Gasteiger partial charge in [0.1, 0.15) is 11.6 Å². The Morgan fingerprint density at radius 2 is 2.26 bits per heavy atom. The number of hydrogen-bond acceptors (Lipinski definition) is 3. The molecule has 0 saturated carbocycles. The molecule has 0 aliphatic heterocycles. The van der Waals surface area contributed by atoms with Gasteiger partial charge in [-0.3, -0.25) is 0 Å². The fourth-order valence-electron chi connectivity index (χ4n) is 2.09. The number of ether oxygens (including phenoxy) is 1. The van der Waals surface area contributed by atoms with Gasteiger partial charge >= 0.3 is 0 Å². The fourth-order valence-corrected chi connectivity index (χ4v) is 2.09. The molecule has 19 heavy (non-hydrogen) atoms. The summed E-state index contributed by atoms with van der Waals surface area (Å²) in [7, 11) is 3.49. The third kappa shape index (κ3) is 2.93. The zero-order valence-electron chi connectivity index (χ0n) is 11.4. The van der Waals surface area contributed by atoms with Crippen molar-refractivity contribution < 1.29 is 9.13 Å². The molecule has 1 aromatic carbocycles. The van der Waals surface area contributed by atoms with Crippen molar-refractivity contribution in [2.24, 2.45) is 7.05 Å². The molecule has 0 aliphatic carbocycles. The quantitative estimate of drug-likeness (QED) is 0.899. The van der Waals surface area contributed by atoms with Gasteiger partial charge in [-0.05, 0) is 24.7 Å². The van der Waals surface area contributed by atoms with Gasteiger partial charge in [0.2, 0.25) is 0 Å². The number of nitrogens with one attached hydrogen (secondary N) is 1. The van der Waals surface area contributed by atoms with Crippen LogP contribution in [-0.4, -0.2) is 23.2 Å². The van der Waals surface area contributed by atoms with Crippen LogP contribution in [0.5, 0.6) is 5.75 Å². The van der Waals surface area contributed by atoms with Crippen molar-refractivity contribution in [2.75, 3.05) is 13.7 Å². The van der Waals surface area contributed by atoms with Crippen molar-refractivity contribution in [1.82, 2.24) is 14.9 Å². The minimum Gasteiger partial charge on any atom is -0.496 e. The lowest BCUT2D eigenvalue weighted by Crippen LogP contribution is -2.23. The summed E-state index contributed by atoms with van der Waals surface area (Å²) in [6, 6.07) is 4.33. The van der Waals surface area contributed by atoms with Gasteiger partial charge in [-0.25, -0.2) is 9.37 Å². The van der Waals surface area contributed by atoms with E-state index in [1.54, 1.807) is 19.5 Å². The number of hydrogen-bond donors (Lipinski definition) is 1. The maximum atomic E-state index is 13.5. The van der Waals surface area contributed by atoms with Crippen LogP contribution in [0.1, 0.15) is 24.2 Å². The average molecular weight is 263 g/mol. The molecule has 0 aliphatic rings. The topological polar surface area (TPSA) is 39.1 Å². The van der Waals surface area contributed by atoms with Crippen LogP contribution in [0.25, 0.3) is 0 Å². The van der Waals surface area contributed by atoms with Gasteiger partial charge < -0.3 is 14.6 Å². The normalized spacial score (nSPS) is 12.4. The molecule has 0 radical (unpaired) electrons. The first-order chi connectivity index (χ1) is 9.15. The molecule has 0 spiro atoms. The first kappa shape index (κ1) is 13.5. The Kier molecular flexibility index (Phi) is 4.16. The maximum Gasteiger partial charge on any atom is 0.124 e. The first-order valence-corrected chi connectivity index (χ1v) is 6.20. The third-order valence-corrected chi connectivity index (χ3v) is 2.93. The number of halogens is 1. The number of imidazole rings is 1. The molecule has 4 nitrogen and oxygen atoms in total. The van der Waals surface area contributed by atoms with E-state index in [9.17, 15) is 4.39 Å². The predicted octanol–water partition coefficient (Wildman–Crippen LogP) is 2.27. The molecular weight excluding hydrogens is 245 g/mol. The molecule has 1 atom stereocenters. The second-order valence-corrected chi connectivity index (χ2v) is 4.34. The smallest absolute Gasteiger partial charge is 0.124 e. The summed E-state index contributed by atoms with van der Waals surface area (Å²) in [4.78, 5) is 4.34. The molecule has 2 rings (SSSR count). The van der Waals surface area contributed by atoms with Gasteiger partial charge in [-0.15, -0.1) is 0 Å².